The van der Waals surface area contributed by atoms with Crippen LogP contribution in [-0.4, -0.2) is 19.4 Å². The third kappa shape index (κ3) is 5.54. The van der Waals surface area contributed by atoms with Crippen LogP contribution in [0.4, 0.5) is 5.69 Å². The summed E-state index contributed by atoms with van der Waals surface area (Å²) in [6.07, 6.45) is 1.01. The predicted octanol–water partition coefficient (Wildman–Crippen LogP) is 2.85. The standard InChI is InChI=1S/C11H18N2SSi/c1-15(2,3)9-12-11(14)13-10-7-5-4-6-8-10/h4-8H,9H2,1-3H3,(H2,12,13,14). The zero-order valence-corrected chi connectivity index (χ0v) is 11.3. The van der Waals surface area contributed by atoms with Gasteiger partial charge in [-0.2, -0.15) is 0 Å². The summed E-state index contributed by atoms with van der Waals surface area (Å²) in [5.41, 5.74) is 1.03. The molecule has 0 aliphatic heterocycles. The zero-order valence-electron chi connectivity index (χ0n) is 9.50. The second-order valence-corrected chi connectivity index (χ2v) is 10.6. The van der Waals surface area contributed by atoms with Crippen molar-refractivity contribution >= 4 is 31.1 Å². The molecule has 1 rings (SSSR count). The van der Waals surface area contributed by atoms with Gasteiger partial charge >= 0.3 is 0 Å². The van der Waals surface area contributed by atoms with Crippen LogP contribution in [0.25, 0.3) is 0 Å². The molecule has 2 N–H and O–H groups in total. The van der Waals surface area contributed by atoms with Crippen LogP contribution in [0.2, 0.25) is 19.6 Å². The summed E-state index contributed by atoms with van der Waals surface area (Å²) < 4.78 is 0. The van der Waals surface area contributed by atoms with E-state index in [0.29, 0.717) is 5.11 Å². The Kier molecular flexibility index (Phi) is 4.29. The highest BCUT2D eigenvalue weighted by atomic mass is 32.1. The van der Waals surface area contributed by atoms with Gasteiger partial charge in [-0.1, -0.05) is 37.8 Å². The van der Waals surface area contributed by atoms with E-state index in [-0.39, 0.29) is 0 Å². The van der Waals surface area contributed by atoms with Gasteiger partial charge < -0.3 is 10.6 Å². The highest BCUT2D eigenvalue weighted by Gasteiger charge is 2.12. The third-order valence-corrected chi connectivity index (χ3v) is 3.29. The monoisotopic (exact) mass is 238 g/mol. The van der Waals surface area contributed by atoms with E-state index in [2.05, 4.69) is 30.3 Å². The summed E-state index contributed by atoms with van der Waals surface area (Å²) in [4.78, 5) is 0. The molecule has 1 aromatic rings. The van der Waals surface area contributed by atoms with E-state index < -0.39 is 8.07 Å². The fraction of sp³-hybridized carbons (Fsp3) is 0.364. The molecule has 0 radical (unpaired) electrons. The molecule has 1 aromatic carbocycles. The molecule has 0 atom stereocenters. The van der Waals surface area contributed by atoms with Gasteiger partial charge in [-0.05, 0) is 24.4 Å². The van der Waals surface area contributed by atoms with E-state index in [4.69, 9.17) is 12.2 Å². The molecular weight excluding hydrogens is 220 g/mol. The SMILES string of the molecule is C[Si](C)(C)CNC(=S)Nc1ccccc1. The summed E-state index contributed by atoms with van der Waals surface area (Å²) in [7, 11) is -1.08. The Balaban J connectivity index is 2.38. The Morgan fingerprint density at radius 3 is 2.33 bits per heavy atom. The van der Waals surface area contributed by atoms with E-state index in [1.165, 1.54) is 0 Å². The molecule has 82 valence electrons. The first-order valence-electron chi connectivity index (χ1n) is 5.07. The van der Waals surface area contributed by atoms with Crippen molar-refractivity contribution in [2.75, 3.05) is 11.5 Å². The lowest BCUT2D eigenvalue weighted by atomic mass is 10.3. The zero-order chi connectivity index (χ0) is 11.3. The summed E-state index contributed by atoms with van der Waals surface area (Å²) >= 11 is 5.20. The smallest absolute Gasteiger partial charge is 0.170 e. The van der Waals surface area contributed by atoms with Gasteiger partial charge in [0.1, 0.15) is 0 Å². The normalized spacial score (nSPS) is 10.9. The Morgan fingerprint density at radius 2 is 1.80 bits per heavy atom. The van der Waals surface area contributed by atoms with Crippen LogP contribution in [0.3, 0.4) is 0 Å². The molecule has 0 saturated carbocycles. The van der Waals surface area contributed by atoms with Crippen LogP contribution in [0.15, 0.2) is 30.3 Å². The molecule has 0 saturated heterocycles. The minimum Gasteiger partial charge on any atom is -0.365 e. The van der Waals surface area contributed by atoms with Crippen LogP contribution < -0.4 is 10.6 Å². The molecule has 0 amide bonds. The number of para-hydroxylation sites is 1. The highest BCUT2D eigenvalue weighted by molar-refractivity contribution is 7.80. The molecule has 0 spiro atoms. The second kappa shape index (κ2) is 5.28. The van der Waals surface area contributed by atoms with Gasteiger partial charge in [0.2, 0.25) is 0 Å². The average Bonchev–Trinajstić information content (AvgIpc) is 2.15. The van der Waals surface area contributed by atoms with E-state index in [0.717, 1.165) is 11.9 Å². The van der Waals surface area contributed by atoms with Gasteiger partial charge in [0.25, 0.3) is 0 Å². The van der Waals surface area contributed by atoms with Crippen LogP contribution in [0.5, 0.6) is 0 Å². The Labute approximate surface area is 98.1 Å². The molecule has 0 fully saturated rings. The first-order chi connectivity index (χ1) is 6.97. The third-order valence-electron chi connectivity index (χ3n) is 1.81. The summed E-state index contributed by atoms with van der Waals surface area (Å²) in [5, 5.41) is 7.12. The Bertz CT molecular complexity index is 319. The largest absolute Gasteiger partial charge is 0.365 e. The molecule has 4 heteroatoms. The molecule has 0 aromatic heterocycles. The number of anilines is 1. The predicted molar refractivity (Wildman–Crippen MR) is 74.0 cm³/mol. The van der Waals surface area contributed by atoms with E-state index in [1.54, 1.807) is 0 Å². The maximum absolute atomic E-state index is 5.20. The second-order valence-electron chi connectivity index (χ2n) is 4.73. The summed E-state index contributed by atoms with van der Waals surface area (Å²) in [6.45, 7) is 6.93. The van der Waals surface area contributed by atoms with Crippen molar-refractivity contribution in [1.82, 2.24) is 5.32 Å². The van der Waals surface area contributed by atoms with Crippen LogP contribution in [-0.2, 0) is 0 Å². The van der Waals surface area contributed by atoms with E-state index in [1.807, 2.05) is 30.3 Å². The quantitative estimate of drug-likeness (QED) is 0.625. The number of hydrogen-bond donors (Lipinski definition) is 2. The highest BCUT2D eigenvalue weighted by Crippen LogP contribution is 2.04. The lowest BCUT2D eigenvalue weighted by Crippen LogP contribution is -2.41. The minimum atomic E-state index is -1.08. The fourth-order valence-corrected chi connectivity index (χ4v) is 2.07. The maximum Gasteiger partial charge on any atom is 0.170 e. The van der Waals surface area contributed by atoms with Gasteiger partial charge in [0, 0.05) is 11.9 Å². The van der Waals surface area contributed by atoms with Crippen molar-refractivity contribution < 1.29 is 0 Å². The van der Waals surface area contributed by atoms with E-state index in [9.17, 15) is 0 Å². The molecule has 2 nitrogen and oxygen atoms in total. The van der Waals surface area contributed by atoms with Gasteiger partial charge in [-0.3, -0.25) is 0 Å². The molecule has 0 heterocycles. The van der Waals surface area contributed by atoms with Crippen molar-refractivity contribution in [3.05, 3.63) is 30.3 Å². The number of hydrogen-bond acceptors (Lipinski definition) is 1. The Morgan fingerprint density at radius 1 is 1.20 bits per heavy atom. The summed E-state index contributed by atoms with van der Waals surface area (Å²) in [6, 6.07) is 9.97. The molecule has 0 aliphatic rings. The lowest BCUT2D eigenvalue weighted by Gasteiger charge is -2.18. The lowest BCUT2D eigenvalue weighted by molar-refractivity contribution is 1.09. The maximum atomic E-state index is 5.20. The molecule has 0 unspecified atom stereocenters. The van der Waals surface area contributed by atoms with Gasteiger partial charge in [-0.15, -0.1) is 0 Å². The molecule has 15 heavy (non-hydrogen) atoms. The van der Waals surface area contributed by atoms with Gasteiger partial charge in [0.05, 0.1) is 8.07 Å². The molecular formula is C11H18N2SSi. The first-order valence-corrected chi connectivity index (χ1v) is 9.19. The van der Waals surface area contributed by atoms with Crippen molar-refractivity contribution in [3.8, 4) is 0 Å². The topological polar surface area (TPSA) is 24.1 Å². The molecule has 0 aliphatic carbocycles. The van der Waals surface area contributed by atoms with Crippen molar-refractivity contribution in [1.29, 1.82) is 0 Å². The van der Waals surface area contributed by atoms with Crippen LogP contribution in [0.1, 0.15) is 0 Å². The summed E-state index contributed by atoms with van der Waals surface area (Å²) in [5.74, 6) is 0. The average molecular weight is 238 g/mol. The number of rotatable bonds is 3. The fourth-order valence-electron chi connectivity index (χ4n) is 1.04. The van der Waals surface area contributed by atoms with E-state index >= 15 is 0 Å². The molecule has 0 bridgehead atoms. The van der Waals surface area contributed by atoms with Crippen molar-refractivity contribution in [2.45, 2.75) is 19.6 Å². The number of thiocarbonyl (C=S) groups is 1. The van der Waals surface area contributed by atoms with Crippen molar-refractivity contribution in [2.24, 2.45) is 0 Å². The number of nitrogens with one attached hydrogen (secondary N) is 2. The van der Waals surface area contributed by atoms with Gasteiger partial charge in [0.15, 0.2) is 5.11 Å². The first kappa shape index (κ1) is 12.2. The minimum absolute atomic E-state index is 0.712. The Hall–Kier alpha value is -0.873. The van der Waals surface area contributed by atoms with Crippen LogP contribution in [0, 0.1) is 0 Å². The van der Waals surface area contributed by atoms with Crippen LogP contribution >= 0.6 is 12.2 Å². The number of benzene rings is 1. The van der Waals surface area contributed by atoms with Gasteiger partial charge in [-0.25, -0.2) is 0 Å². The van der Waals surface area contributed by atoms with Crippen molar-refractivity contribution in [3.63, 3.8) is 0 Å².